The first-order chi connectivity index (χ1) is 14.3. The molecular weight excluding hydrogens is 389 g/mol. The Kier molecular flexibility index (Phi) is 5.91. The fourth-order valence-electron chi connectivity index (χ4n) is 3.37. The predicted octanol–water partition coefficient (Wildman–Crippen LogP) is 2.37. The van der Waals surface area contributed by atoms with Gasteiger partial charge in [-0.15, -0.1) is 0 Å². The van der Waals surface area contributed by atoms with Crippen molar-refractivity contribution in [2.75, 3.05) is 33.5 Å². The number of nitrogens with two attached hydrogens (primary N) is 2. The summed E-state index contributed by atoms with van der Waals surface area (Å²) in [4.78, 5) is 22.9. The van der Waals surface area contributed by atoms with Gasteiger partial charge in [0.05, 0.1) is 19.2 Å². The molecule has 0 spiro atoms. The first-order valence-corrected chi connectivity index (χ1v) is 9.24. The summed E-state index contributed by atoms with van der Waals surface area (Å²) >= 11 is 0. The fourth-order valence-corrected chi connectivity index (χ4v) is 3.37. The molecule has 0 saturated heterocycles. The van der Waals surface area contributed by atoms with Crippen LogP contribution in [0.2, 0.25) is 0 Å². The molecule has 158 valence electrons. The molecule has 0 saturated carbocycles. The third kappa shape index (κ3) is 3.91. The van der Waals surface area contributed by atoms with Crippen molar-refractivity contribution in [2.45, 2.75) is 13.0 Å². The number of anilines is 1. The van der Waals surface area contributed by atoms with Crippen molar-refractivity contribution in [1.29, 1.82) is 0 Å². The molecule has 30 heavy (non-hydrogen) atoms. The molecule has 9 heteroatoms. The smallest absolute Gasteiger partial charge is 0.254 e. The lowest BCUT2D eigenvalue weighted by molar-refractivity contribution is 0.0801. The van der Waals surface area contributed by atoms with Crippen LogP contribution in [0.1, 0.15) is 34.5 Å². The lowest BCUT2D eigenvalue weighted by Crippen LogP contribution is -2.33. The second-order valence-electron chi connectivity index (χ2n) is 6.89. The average Bonchev–Trinajstić information content (AvgIpc) is 2.72. The summed E-state index contributed by atoms with van der Waals surface area (Å²) in [7, 11) is 4.65. The second-order valence-corrected chi connectivity index (χ2v) is 6.89. The third-order valence-corrected chi connectivity index (χ3v) is 4.84. The molecule has 0 aliphatic carbocycles. The number of nitrogens with zero attached hydrogens (tertiary/aromatic N) is 3. The molecule has 1 aromatic carbocycles. The van der Waals surface area contributed by atoms with Gasteiger partial charge in [-0.3, -0.25) is 9.79 Å². The molecule has 3 rings (SSSR count). The van der Waals surface area contributed by atoms with Crippen molar-refractivity contribution in [3.05, 3.63) is 58.7 Å². The van der Waals surface area contributed by atoms with Crippen molar-refractivity contribution in [1.82, 2.24) is 9.88 Å². The SMILES string of the molecule is CN=C(OC)C1=C(N)CN(C)C(=O)c2ccc(F)cc2C(C)Oc2cc1cnc2N. The minimum absolute atomic E-state index is 0.0856. The van der Waals surface area contributed by atoms with Crippen molar-refractivity contribution >= 4 is 23.2 Å². The molecule has 1 aliphatic heterocycles. The maximum Gasteiger partial charge on any atom is 0.254 e. The van der Waals surface area contributed by atoms with Gasteiger partial charge in [-0.1, -0.05) is 0 Å². The van der Waals surface area contributed by atoms with Gasteiger partial charge in [-0.2, -0.15) is 0 Å². The van der Waals surface area contributed by atoms with Gasteiger partial charge in [0.2, 0.25) is 5.90 Å². The van der Waals surface area contributed by atoms with E-state index in [0.29, 0.717) is 28.0 Å². The zero-order valence-electron chi connectivity index (χ0n) is 17.3. The lowest BCUT2D eigenvalue weighted by Gasteiger charge is -2.25. The summed E-state index contributed by atoms with van der Waals surface area (Å²) in [5.74, 6) is -0.107. The van der Waals surface area contributed by atoms with E-state index < -0.39 is 11.9 Å². The molecule has 0 radical (unpaired) electrons. The van der Waals surface area contributed by atoms with E-state index >= 15 is 0 Å². The number of ether oxygens (including phenoxy) is 2. The van der Waals surface area contributed by atoms with E-state index in [2.05, 4.69) is 9.98 Å². The first-order valence-electron chi connectivity index (χ1n) is 9.24. The molecule has 0 fully saturated rings. The monoisotopic (exact) mass is 413 g/mol. The van der Waals surface area contributed by atoms with Crippen molar-refractivity contribution < 1.29 is 18.7 Å². The average molecular weight is 413 g/mol. The summed E-state index contributed by atoms with van der Waals surface area (Å²) in [5.41, 5.74) is 14.5. The quantitative estimate of drug-likeness (QED) is 0.548. The van der Waals surface area contributed by atoms with E-state index in [1.165, 1.54) is 36.4 Å². The number of fused-ring (bicyclic) bond motifs is 3. The van der Waals surface area contributed by atoms with Crippen LogP contribution in [0.15, 0.2) is 41.2 Å². The summed E-state index contributed by atoms with van der Waals surface area (Å²) in [5, 5.41) is 0. The predicted molar refractivity (Wildman–Crippen MR) is 113 cm³/mol. The highest BCUT2D eigenvalue weighted by molar-refractivity contribution is 6.20. The van der Waals surface area contributed by atoms with Gasteiger partial charge >= 0.3 is 0 Å². The third-order valence-electron chi connectivity index (χ3n) is 4.84. The summed E-state index contributed by atoms with van der Waals surface area (Å²) in [6, 6.07) is 5.62. The minimum atomic E-state index is -0.668. The Morgan fingerprint density at radius 3 is 2.77 bits per heavy atom. The summed E-state index contributed by atoms with van der Waals surface area (Å²) < 4.78 is 25.3. The van der Waals surface area contributed by atoms with Crippen LogP contribution in [-0.2, 0) is 4.74 Å². The molecule has 1 unspecified atom stereocenters. The number of methoxy groups -OCH3 is 1. The highest BCUT2D eigenvalue weighted by atomic mass is 19.1. The number of hydrogen-bond donors (Lipinski definition) is 2. The first kappa shape index (κ1) is 21.1. The molecule has 2 bridgehead atoms. The Morgan fingerprint density at radius 2 is 2.10 bits per heavy atom. The lowest BCUT2D eigenvalue weighted by atomic mass is 10.00. The number of aliphatic imine (C=N–C) groups is 1. The molecule has 2 heterocycles. The van der Waals surface area contributed by atoms with Gasteiger partial charge < -0.3 is 25.8 Å². The van der Waals surface area contributed by atoms with E-state index in [1.54, 1.807) is 27.1 Å². The van der Waals surface area contributed by atoms with Crippen LogP contribution in [0.3, 0.4) is 0 Å². The van der Waals surface area contributed by atoms with Crippen LogP contribution in [0.5, 0.6) is 5.75 Å². The number of carbonyl (C=O) groups excluding carboxylic acids is 1. The number of amides is 1. The number of nitrogen functional groups attached to an aromatic ring is 1. The molecule has 2 aromatic rings. The number of rotatable bonds is 1. The number of pyridine rings is 1. The van der Waals surface area contributed by atoms with Crippen LogP contribution in [0.25, 0.3) is 5.57 Å². The Bertz CT molecular complexity index is 1050. The van der Waals surface area contributed by atoms with Crippen LogP contribution in [0.4, 0.5) is 10.2 Å². The van der Waals surface area contributed by atoms with Crippen LogP contribution in [0, 0.1) is 5.82 Å². The summed E-state index contributed by atoms with van der Waals surface area (Å²) in [6.07, 6.45) is 0.860. The van der Waals surface area contributed by atoms with Gasteiger partial charge in [-0.25, -0.2) is 9.37 Å². The molecule has 8 nitrogen and oxygen atoms in total. The highest BCUT2D eigenvalue weighted by Gasteiger charge is 2.25. The molecular formula is C21H24FN5O3. The highest BCUT2D eigenvalue weighted by Crippen LogP contribution is 2.32. The van der Waals surface area contributed by atoms with E-state index in [-0.39, 0.29) is 29.9 Å². The zero-order chi connectivity index (χ0) is 22.0. The number of aromatic nitrogens is 1. The topological polar surface area (TPSA) is 116 Å². The number of carbonyl (C=O) groups is 1. The van der Waals surface area contributed by atoms with Gasteiger partial charge in [0, 0.05) is 42.7 Å². The van der Waals surface area contributed by atoms with Crippen molar-refractivity contribution in [3.63, 3.8) is 0 Å². The molecule has 1 atom stereocenters. The number of hydrogen-bond acceptors (Lipinski definition) is 7. The minimum Gasteiger partial charge on any atom is -0.482 e. The number of likely N-dealkylation sites (N-methyl/N-ethyl adjacent to an activating group) is 1. The van der Waals surface area contributed by atoms with Crippen LogP contribution in [-0.4, -0.2) is 49.4 Å². The van der Waals surface area contributed by atoms with Gasteiger partial charge in [0.15, 0.2) is 11.6 Å². The number of halogens is 1. The fraction of sp³-hybridized carbons (Fsp3) is 0.286. The van der Waals surface area contributed by atoms with E-state index in [0.717, 1.165) is 0 Å². The Balaban J connectivity index is 2.27. The van der Waals surface area contributed by atoms with Gasteiger partial charge in [0.1, 0.15) is 11.9 Å². The zero-order valence-corrected chi connectivity index (χ0v) is 17.3. The van der Waals surface area contributed by atoms with Crippen molar-refractivity contribution in [2.24, 2.45) is 10.7 Å². The van der Waals surface area contributed by atoms with Crippen molar-refractivity contribution in [3.8, 4) is 5.75 Å². The van der Waals surface area contributed by atoms with E-state index in [9.17, 15) is 9.18 Å². The molecule has 1 aromatic heterocycles. The standard InChI is InChI=1S/C21H24FN5O3/c1-11-15-8-13(22)5-6-14(15)21(28)27(3)10-16(23)18(20(25-2)29-4)12-7-17(30-11)19(24)26-9-12/h5-9,11H,10,23H2,1-4H3,(H2,24,26). The Morgan fingerprint density at radius 1 is 1.37 bits per heavy atom. The molecule has 4 N–H and O–H groups in total. The molecule has 1 amide bonds. The Labute approximate surface area is 174 Å². The Hall–Kier alpha value is -3.62. The van der Waals surface area contributed by atoms with Crippen LogP contribution < -0.4 is 16.2 Å². The van der Waals surface area contributed by atoms with Crippen LogP contribution >= 0.6 is 0 Å². The largest absolute Gasteiger partial charge is 0.482 e. The van der Waals surface area contributed by atoms with Gasteiger partial charge in [-0.05, 0) is 31.2 Å². The van der Waals surface area contributed by atoms with E-state index in [1.807, 2.05) is 0 Å². The second kappa shape index (κ2) is 8.40. The van der Waals surface area contributed by atoms with Gasteiger partial charge in [0.25, 0.3) is 5.91 Å². The normalized spacial score (nSPS) is 17.6. The maximum absolute atomic E-state index is 14.0. The van der Waals surface area contributed by atoms with E-state index in [4.69, 9.17) is 20.9 Å². The summed E-state index contributed by atoms with van der Waals surface area (Å²) in [6.45, 7) is 1.80. The number of benzene rings is 1. The maximum atomic E-state index is 14.0. The molecule has 1 aliphatic rings.